The molecule has 4 N–H and O–H groups in total. The molecule has 1 fully saturated rings. The first-order chi connectivity index (χ1) is 14.1. The number of rotatable bonds is 10. The van der Waals surface area contributed by atoms with Crippen molar-refractivity contribution in [2.24, 2.45) is 11.5 Å². The molecular formula is C21H34N4O4S. The number of hydrogen-bond acceptors (Lipinski definition) is 6. The van der Waals surface area contributed by atoms with Crippen molar-refractivity contribution >= 4 is 15.9 Å². The van der Waals surface area contributed by atoms with Crippen LogP contribution in [0.3, 0.4) is 0 Å². The molecule has 1 aromatic carbocycles. The van der Waals surface area contributed by atoms with Crippen LogP contribution in [0.25, 0.3) is 0 Å². The largest absolute Gasteiger partial charge is 0.376 e. The smallest absolute Gasteiger partial charge is 0.253 e. The minimum absolute atomic E-state index is 0.0177. The number of likely N-dealkylation sites (N-methyl/N-ethyl adjacent to an activating group) is 1. The zero-order valence-electron chi connectivity index (χ0n) is 18.0. The third kappa shape index (κ3) is 6.88. The van der Waals surface area contributed by atoms with Crippen molar-refractivity contribution in [3.05, 3.63) is 47.5 Å². The van der Waals surface area contributed by atoms with Gasteiger partial charge in [0, 0.05) is 32.2 Å². The molecule has 1 heterocycles. The number of benzene rings is 1. The Morgan fingerprint density at radius 2 is 2.00 bits per heavy atom. The van der Waals surface area contributed by atoms with Crippen LogP contribution in [0.4, 0.5) is 0 Å². The Morgan fingerprint density at radius 3 is 2.60 bits per heavy atom. The van der Waals surface area contributed by atoms with E-state index >= 15 is 0 Å². The van der Waals surface area contributed by atoms with Crippen molar-refractivity contribution < 1.29 is 17.9 Å². The summed E-state index contributed by atoms with van der Waals surface area (Å²) in [6, 6.07) is 5.39. The van der Waals surface area contributed by atoms with Gasteiger partial charge in [0.1, 0.15) is 0 Å². The van der Waals surface area contributed by atoms with Crippen molar-refractivity contribution in [1.29, 1.82) is 0 Å². The topological polar surface area (TPSA) is 119 Å². The first-order valence-electron chi connectivity index (χ1n) is 10.1. The fraction of sp³-hybridized carbons (Fsp3) is 0.571. The number of aryl methyl sites for hydroxylation is 2. The van der Waals surface area contributed by atoms with Gasteiger partial charge >= 0.3 is 0 Å². The van der Waals surface area contributed by atoms with Gasteiger partial charge in [-0.2, -0.15) is 0 Å². The molecule has 1 aromatic rings. The van der Waals surface area contributed by atoms with Gasteiger partial charge in [0.25, 0.3) is 5.91 Å². The molecule has 30 heavy (non-hydrogen) atoms. The SMILES string of the molecule is C=CCOCCN(C)C(=O)c1ccc(CCS(=O)(=O)N2CCC(N)(N)CC2)c(C)c1. The molecule has 2 rings (SSSR count). The monoisotopic (exact) mass is 438 g/mol. The third-order valence-electron chi connectivity index (χ3n) is 5.42. The summed E-state index contributed by atoms with van der Waals surface area (Å²) in [6.07, 6.45) is 2.96. The Hall–Kier alpha value is -1.78. The second-order valence-electron chi connectivity index (χ2n) is 7.93. The highest BCUT2D eigenvalue weighted by molar-refractivity contribution is 7.89. The summed E-state index contributed by atoms with van der Waals surface area (Å²) in [7, 11) is -1.65. The summed E-state index contributed by atoms with van der Waals surface area (Å²) >= 11 is 0. The van der Waals surface area contributed by atoms with Crippen LogP contribution in [0.1, 0.15) is 34.3 Å². The Balaban J connectivity index is 1.93. The van der Waals surface area contributed by atoms with Gasteiger partial charge in [-0.3, -0.25) is 4.79 Å². The van der Waals surface area contributed by atoms with E-state index in [1.54, 1.807) is 24.1 Å². The summed E-state index contributed by atoms with van der Waals surface area (Å²) in [4.78, 5) is 14.2. The number of sulfonamides is 1. The highest BCUT2D eigenvalue weighted by Crippen LogP contribution is 2.19. The summed E-state index contributed by atoms with van der Waals surface area (Å²) < 4.78 is 32.1. The van der Waals surface area contributed by atoms with Crippen LogP contribution in [0.5, 0.6) is 0 Å². The van der Waals surface area contributed by atoms with Gasteiger partial charge in [0.05, 0.1) is 24.6 Å². The van der Waals surface area contributed by atoms with Crippen molar-refractivity contribution in [3.8, 4) is 0 Å². The molecule has 1 aliphatic heterocycles. The molecule has 168 valence electrons. The first kappa shape index (κ1) is 24.5. The lowest BCUT2D eigenvalue weighted by atomic mass is 10.0. The lowest BCUT2D eigenvalue weighted by Crippen LogP contribution is -2.57. The van der Waals surface area contributed by atoms with E-state index in [4.69, 9.17) is 16.2 Å². The molecule has 0 bridgehead atoms. The zero-order valence-corrected chi connectivity index (χ0v) is 18.8. The van der Waals surface area contributed by atoms with Crippen LogP contribution in [-0.4, -0.2) is 74.8 Å². The van der Waals surface area contributed by atoms with Crippen molar-refractivity contribution in [2.75, 3.05) is 45.6 Å². The first-order valence-corrected chi connectivity index (χ1v) is 11.8. The van der Waals surface area contributed by atoms with Crippen molar-refractivity contribution in [3.63, 3.8) is 0 Å². The molecule has 0 unspecified atom stereocenters. The average Bonchev–Trinajstić information content (AvgIpc) is 2.69. The minimum Gasteiger partial charge on any atom is -0.376 e. The lowest BCUT2D eigenvalue weighted by Gasteiger charge is -2.35. The van der Waals surface area contributed by atoms with Gasteiger partial charge < -0.3 is 21.1 Å². The molecule has 1 amide bonds. The second kappa shape index (κ2) is 10.5. The summed E-state index contributed by atoms with van der Waals surface area (Å²) in [6.45, 7) is 7.55. The maximum Gasteiger partial charge on any atom is 0.253 e. The molecular weight excluding hydrogens is 404 g/mol. The molecule has 0 aliphatic carbocycles. The van der Waals surface area contributed by atoms with E-state index in [0.717, 1.165) is 11.1 Å². The van der Waals surface area contributed by atoms with Crippen LogP contribution in [0, 0.1) is 6.92 Å². The Bertz CT molecular complexity index is 845. The lowest BCUT2D eigenvalue weighted by molar-refractivity contribution is 0.0723. The van der Waals surface area contributed by atoms with E-state index in [0.29, 0.717) is 57.7 Å². The highest BCUT2D eigenvalue weighted by Gasteiger charge is 2.32. The van der Waals surface area contributed by atoms with Crippen molar-refractivity contribution in [1.82, 2.24) is 9.21 Å². The van der Waals surface area contributed by atoms with Gasteiger partial charge in [0.15, 0.2) is 0 Å². The number of hydrogen-bond donors (Lipinski definition) is 2. The molecule has 0 radical (unpaired) electrons. The minimum atomic E-state index is -3.38. The maximum absolute atomic E-state index is 12.7. The molecule has 0 saturated carbocycles. The normalized spacial score (nSPS) is 16.9. The number of amides is 1. The number of carbonyl (C=O) groups is 1. The zero-order chi connectivity index (χ0) is 22.4. The molecule has 1 aliphatic rings. The van der Waals surface area contributed by atoms with Crippen LogP contribution >= 0.6 is 0 Å². The summed E-state index contributed by atoms with van der Waals surface area (Å²) in [5.41, 5.74) is 13.4. The number of nitrogens with two attached hydrogens (primary N) is 2. The van der Waals surface area contributed by atoms with E-state index in [9.17, 15) is 13.2 Å². The number of ether oxygens (including phenoxy) is 1. The number of carbonyl (C=O) groups excluding carboxylic acids is 1. The van der Waals surface area contributed by atoms with E-state index < -0.39 is 15.7 Å². The van der Waals surface area contributed by atoms with Gasteiger partial charge in [-0.1, -0.05) is 12.1 Å². The fourth-order valence-electron chi connectivity index (χ4n) is 3.35. The van der Waals surface area contributed by atoms with E-state index in [1.165, 1.54) is 4.31 Å². The summed E-state index contributed by atoms with van der Waals surface area (Å²) in [5, 5.41) is 0. The Labute approximate surface area is 179 Å². The number of nitrogens with zero attached hydrogens (tertiary/aromatic N) is 2. The molecule has 1 saturated heterocycles. The van der Waals surface area contributed by atoms with E-state index in [2.05, 4.69) is 6.58 Å². The predicted octanol–water partition coefficient (Wildman–Crippen LogP) is 0.851. The fourth-order valence-corrected chi connectivity index (χ4v) is 4.82. The highest BCUT2D eigenvalue weighted by atomic mass is 32.2. The average molecular weight is 439 g/mol. The molecule has 8 nitrogen and oxygen atoms in total. The van der Waals surface area contributed by atoms with E-state index in [-0.39, 0.29) is 11.7 Å². The van der Waals surface area contributed by atoms with Crippen LogP contribution in [0.2, 0.25) is 0 Å². The number of piperidine rings is 1. The van der Waals surface area contributed by atoms with Gasteiger partial charge in [-0.05, 0) is 49.4 Å². The van der Waals surface area contributed by atoms with Gasteiger partial charge in [0.2, 0.25) is 10.0 Å². The van der Waals surface area contributed by atoms with Crippen LogP contribution in [0.15, 0.2) is 30.9 Å². The third-order valence-corrected chi connectivity index (χ3v) is 7.29. The Morgan fingerprint density at radius 1 is 1.33 bits per heavy atom. The molecule has 0 atom stereocenters. The Kier molecular flexibility index (Phi) is 8.57. The summed E-state index contributed by atoms with van der Waals surface area (Å²) in [5.74, 6) is -0.0797. The van der Waals surface area contributed by atoms with Crippen LogP contribution < -0.4 is 11.5 Å². The molecule has 0 aromatic heterocycles. The van der Waals surface area contributed by atoms with Gasteiger partial charge in [-0.15, -0.1) is 6.58 Å². The van der Waals surface area contributed by atoms with Crippen molar-refractivity contribution in [2.45, 2.75) is 31.8 Å². The van der Waals surface area contributed by atoms with Crippen LogP contribution in [-0.2, 0) is 21.2 Å². The second-order valence-corrected chi connectivity index (χ2v) is 10.0. The molecule has 0 spiro atoms. The maximum atomic E-state index is 12.7. The standard InChI is InChI=1S/C21H34N4O4S/c1-4-13-29-14-12-24(3)20(26)19-6-5-18(17(2)16-19)7-15-30(27,28)25-10-8-21(22,23)9-11-25/h4-6,16H,1,7-15,22-23H2,2-3H3. The predicted molar refractivity (Wildman–Crippen MR) is 119 cm³/mol. The quantitative estimate of drug-likeness (QED) is 0.318. The molecule has 9 heteroatoms. The van der Waals surface area contributed by atoms with Gasteiger partial charge in [-0.25, -0.2) is 12.7 Å². The van der Waals surface area contributed by atoms with E-state index in [1.807, 2.05) is 19.1 Å².